The summed E-state index contributed by atoms with van der Waals surface area (Å²) in [7, 11) is 0. The second kappa shape index (κ2) is 6.58. The molecule has 0 saturated heterocycles. The zero-order valence-corrected chi connectivity index (χ0v) is 13.3. The zero-order valence-electron chi connectivity index (χ0n) is 13.3. The van der Waals surface area contributed by atoms with Gasteiger partial charge in [0.25, 0.3) is 0 Å². The van der Waals surface area contributed by atoms with Gasteiger partial charge in [0.15, 0.2) is 0 Å². The van der Waals surface area contributed by atoms with E-state index in [0.717, 1.165) is 5.56 Å². The Balaban J connectivity index is 1.75. The van der Waals surface area contributed by atoms with Crippen LogP contribution >= 0.6 is 0 Å². The van der Waals surface area contributed by atoms with Crippen molar-refractivity contribution < 1.29 is 13.9 Å². The van der Waals surface area contributed by atoms with Crippen molar-refractivity contribution >= 4 is 5.97 Å². The van der Waals surface area contributed by atoms with E-state index >= 15 is 0 Å². The van der Waals surface area contributed by atoms with E-state index in [9.17, 15) is 9.18 Å². The Labute approximate surface area is 138 Å². The lowest BCUT2D eigenvalue weighted by Gasteiger charge is -2.06. The topological polar surface area (TPSA) is 52.1 Å². The number of aryl methyl sites for hydroxylation is 2. The van der Waals surface area contributed by atoms with Crippen LogP contribution in [-0.2, 0) is 0 Å². The molecule has 3 rings (SSSR count). The van der Waals surface area contributed by atoms with Crippen molar-refractivity contribution in [2.75, 3.05) is 0 Å². The van der Waals surface area contributed by atoms with Gasteiger partial charge in [0, 0.05) is 11.6 Å². The monoisotopic (exact) mass is 322 g/mol. The second-order valence-electron chi connectivity index (χ2n) is 5.45. The highest BCUT2D eigenvalue weighted by molar-refractivity contribution is 5.90. The molecule has 0 saturated carbocycles. The third kappa shape index (κ3) is 3.46. The second-order valence-corrected chi connectivity index (χ2v) is 5.45. The Bertz CT molecular complexity index is 875. The Morgan fingerprint density at radius 3 is 2.29 bits per heavy atom. The van der Waals surface area contributed by atoms with Crippen molar-refractivity contribution in [1.82, 2.24) is 10.2 Å². The summed E-state index contributed by atoms with van der Waals surface area (Å²) >= 11 is 0. The highest BCUT2D eigenvalue weighted by atomic mass is 19.1. The fourth-order valence-corrected chi connectivity index (χ4v) is 2.17. The molecule has 24 heavy (non-hydrogen) atoms. The third-order valence-corrected chi connectivity index (χ3v) is 3.72. The van der Waals surface area contributed by atoms with Gasteiger partial charge in [-0.25, -0.2) is 9.18 Å². The van der Waals surface area contributed by atoms with Crippen LogP contribution in [0.3, 0.4) is 0 Å². The van der Waals surface area contributed by atoms with Gasteiger partial charge in [-0.3, -0.25) is 0 Å². The maximum absolute atomic E-state index is 12.9. The van der Waals surface area contributed by atoms with Gasteiger partial charge < -0.3 is 4.74 Å². The van der Waals surface area contributed by atoms with Gasteiger partial charge in [0.1, 0.15) is 5.82 Å². The van der Waals surface area contributed by atoms with Gasteiger partial charge in [0.2, 0.25) is 5.88 Å². The van der Waals surface area contributed by atoms with Gasteiger partial charge in [-0.2, -0.15) is 0 Å². The van der Waals surface area contributed by atoms with Crippen molar-refractivity contribution in [1.29, 1.82) is 0 Å². The molecule has 0 aliphatic heterocycles. The molecule has 0 spiro atoms. The van der Waals surface area contributed by atoms with Crippen molar-refractivity contribution in [3.63, 3.8) is 0 Å². The van der Waals surface area contributed by atoms with E-state index in [2.05, 4.69) is 10.2 Å². The van der Waals surface area contributed by atoms with Crippen LogP contribution in [0, 0.1) is 19.7 Å². The number of hydrogen-bond donors (Lipinski definition) is 0. The molecule has 5 heteroatoms. The first kappa shape index (κ1) is 15.8. The molecule has 1 aromatic heterocycles. The number of carbonyl (C=O) groups excluding carboxylic acids is 1. The van der Waals surface area contributed by atoms with Gasteiger partial charge in [-0.15, -0.1) is 10.2 Å². The summed E-state index contributed by atoms with van der Waals surface area (Å²) in [5.74, 6) is -0.927. The smallest absolute Gasteiger partial charge is 0.344 e. The van der Waals surface area contributed by atoms with Crippen LogP contribution in [0.5, 0.6) is 5.88 Å². The number of hydrogen-bond acceptors (Lipinski definition) is 4. The van der Waals surface area contributed by atoms with Crippen molar-refractivity contribution in [2.45, 2.75) is 13.8 Å². The van der Waals surface area contributed by atoms with Gasteiger partial charge >= 0.3 is 5.97 Å². The number of aromatic nitrogens is 2. The molecule has 0 aliphatic carbocycles. The summed E-state index contributed by atoms with van der Waals surface area (Å²) in [5, 5.41) is 8.02. The molecule has 1 heterocycles. The summed E-state index contributed by atoms with van der Waals surface area (Å²) in [6.07, 6.45) is 0. The maximum atomic E-state index is 12.9. The van der Waals surface area contributed by atoms with E-state index in [1.807, 2.05) is 32.0 Å². The van der Waals surface area contributed by atoms with Crippen molar-refractivity contribution in [2.24, 2.45) is 0 Å². The zero-order chi connectivity index (χ0) is 17.1. The van der Waals surface area contributed by atoms with Crippen LogP contribution < -0.4 is 4.74 Å². The largest absolute Gasteiger partial charge is 0.402 e. The molecule has 0 aliphatic rings. The van der Waals surface area contributed by atoms with E-state index in [0.29, 0.717) is 5.69 Å². The highest BCUT2D eigenvalue weighted by Crippen LogP contribution is 2.21. The molecule has 2 aromatic carbocycles. The number of esters is 1. The molecule has 0 radical (unpaired) electrons. The van der Waals surface area contributed by atoms with Crippen molar-refractivity contribution in [3.05, 3.63) is 77.1 Å². The molecule has 0 N–H and O–H groups in total. The average Bonchev–Trinajstić information content (AvgIpc) is 2.58. The summed E-state index contributed by atoms with van der Waals surface area (Å²) in [6, 6.07) is 14.5. The minimum atomic E-state index is -0.608. The molecule has 4 nitrogen and oxygen atoms in total. The lowest BCUT2D eigenvalue weighted by atomic mass is 10.0. The number of halogens is 1. The predicted molar refractivity (Wildman–Crippen MR) is 88.3 cm³/mol. The van der Waals surface area contributed by atoms with Crippen LogP contribution in [-0.4, -0.2) is 16.2 Å². The van der Waals surface area contributed by atoms with E-state index in [4.69, 9.17) is 4.74 Å². The minimum absolute atomic E-state index is 0.0944. The fraction of sp³-hybridized carbons (Fsp3) is 0.105. The number of nitrogens with zero attached hydrogens (tertiary/aromatic N) is 2. The molecule has 0 atom stereocenters. The summed E-state index contributed by atoms with van der Waals surface area (Å²) in [5.41, 5.74) is 4.26. The summed E-state index contributed by atoms with van der Waals surface area (Å²) in [6.45, 7) is 4.08. The van der Waals surface area contributed by atoms with Crippen LogP contribution in [0.1, 0.15) is 21.5 Å². The van der Waals surface area contributed by atoms with Gasteiger partial charge in [-0.05, 0) is 61.4 Å². The first-order chi connectivity index (χ1) is 11.5. The Kier molecular flexibility index (Phi) is 4.33. The summed E-state index contributed by atoms with van der Waals surface area (Å²) in [4.78, 5) is 11.9. The Hall–Kier alpha value is -3.08. The first-order valence-electron chi connectivity index (χ1n) is 7.42. The molecule has 3 aromatic rings. The van der Waals surface area contributed by atoms with Crippen LogP contribution in [0.4, 0.5) is 4.39 Å². The molecular formula is C19H15FN2O2. The number of benzene rings is 2. The molecule has 0 fully saturated rings. The average molecular weight is 322 g/mol. The highest BCUT2D eigenvalue weighted by Gasteiger charge is 2.10. The van der Waals surface area contributed by atoms with Crippen LogP contribution in [0.15, 0.2) is 54.6 Å². The maximum Gasteiger partial charge on any atom is 0.344 e. The SMILES string of the molecule is Cc1ccc(-c2ccc(OC(=O)c3ccc(F)cc3)nn2)cc1C. The van der Waals surface area contributed by atoms with E-state index in [1.54, 1.807) is 12.1 Å². The van der Waals surface area contributed by atoms with Crippen LogP contribution in [0.25, 0.3) is 11.3 Å². The molecule has 0 amide bonds. The molecule has 0 bridgehead atoms. The molecular weight excluding hydrogens is 307 g/mol. The quantitative estimate of drug-likeness (QED) is 0.681. The Morgan fingerprint density at radius 2 is 1.67 bits per heavy atom. The fourth-order valence-electron chi connectivity index (χ4n) is 2.17. The predicted octanol–water partition coefficient (Wildman–Crippen LogP) is 4.12. The van der Waals surface area contributed by atoms with Gasteiger partial charge in [-0.1, -0.05) is 12.1 Å². The lowest BCUT2D eigenvalue weighted by molar-refractivity contribution is 0.0726. The van der Waals surface area contributed by atoms with E-state index < -0.39 is 11.8 Å². The third-order valence-electron chi connectivity index (χ3n) is 3.72. The van der Waals surface area contributed by atoms with Crippen LogP contribution in [0.2, 0.25) is 0 Å². The molecule has 120 valence electrons. The van der Waals surface area contributed by atoms with Crippen molar-refractivity contribution in [3.8, 4) is 17.1 Å². The lowest BCUT2D eigenvalue weighted by Crippen LogP contribution is -2.09. The van der Waals surface area contributed by atoms with Gasteiger partial charge in [0.05, 0.1) is 11.3 Å². The first-order valence-corrected chi connectivity index (χ1v) is 7.42. The minimum Gasteiger partial charge on any atom is -0.402 e. The normalized spacial score (nSPS) is 10.5. The number of ether oxygens (including phenoxy) is 1. The van der Waals surface area contributed by atoms with E-state index in [-0.39, 0.29) is 11.4 Å². The molecule has 0 unspecified atom stereocenters. The number of rotatable bonds is 3. The summed E-state index contributed by atoms with van der Waals surface area (Å²) < 4.78 is 18.0. The number of carbonyl (C=O) groups is 1. The Morgan fingerprint density at radius 1 is 0.917 bits per heavy atom. The van der Waals surface area contributed by atoms with E-state index in [1.165, 1.54) is 35.4 Å². The standard InChI is InChI=1S/C19H15FN2O2/c1-12-3-4-15(11-13(12)2)17-9-10-18(22-21-17)24-19(23)14-5-7-16(20)8-6-14/h3-11H,1-2H3.